The molecule has 0 atom stereocenters. The number of morpholine rings is 1. The van der Waals surface area contributed by atoms with Crippen LogP contribution in [0, 0.1) is 0 Å². The number of anilines is 2. The molecular formula is C16H19BrN2O5. The van der Waals surface area contributed by atoms with E-state index in [4.69, 9.17) is 4.74 Å². The summed E-state index contributed by atoms with van der Waals surface area (Å²) in [4.78, 5) is 25.4. The molecule has 1 saturated heterocycles. The number of nitrogens with zero attached hydrogens (tertiary/aromatic N) is 1. The number of methoxy groups -OCH3 is 2. The number of benzene rings is 1. The van der Waals surface area contributed by atoms with Gasteiger partial charge in [0.25, 0.3) is 0 Å². The quantitative estimate of drug-likeness (QED) is 0.599. The zero-order valence-electron chi connectivity index (χ0n) is 13.5. The van der Waals surface area contributed by atoms with E-state index in [1.54, 1.807) is 0 Å². The van der Waals surface area contributed by atoms with Crippen LogP contribution in [0.5, 0.6) is 0 Å². The number of hydrogen-bond acceptors (Lipinski definition) is 7. The molecule has 1 aliphatic heterocycles. The highest BCUT2D eigenvalue weighted by Gasteiger charge is 2.16. The summed E-state index contributed by atoms with van der Waals surface area (Å²) in [5, 5.41) is 2.88. The lowest BCUT2D eigenvalue weighted by Gasteiger charge is -2.29. The largest absolute Gasteiger partial charge is 0.466 e. The molecule has 0 amide bonds. The van der Waals surface area contributed by atoms with E-state index in [9.17, 15) is 9.59 Å². The second-order valence-electron chi connectivity index (χ2n) is 4.96. The van der Waals surface area contributed by atoms with Gasteiger partial charge in [-0.25, -0.2) is 9.59 Å². The summed E-state index contributed by atoms with van der Waals surface area (Å²) >= 11 is 3.54. The van der Waals surface area contributed by atoms with E-state index < -0.39 is 11.9 Å². The molecule has 0 aromatic heterocycles. The predicted molar refractivity (Wildman–Crippen MR) is 92.9 cm³/mol. The molecule has 1 aromatic carbocycles. The minimum atomic E-state index is -0.659. The molecule has 1 fully saturated rings. The Morgan fingerprint density at radius 2 is 1.96 bits per heavy atom. The first-order valence-corrected chi connectivity index (χ1v) is 8.11. The smallest absolute Gasteiger partial charge is 0.354 e. The van der Waals surface area contributed by atoms with Gasteiger partial charge in [0.1, 0.15) is 5.70 Å². The third-order valence-corrected chi connectivity index (χ3v) is 4.08. The van der Waals surface area contributed by atoms with Crippen LogP contribution in [0.4, 0.5) is 11.4 Å². The molecule has 0 aliphatic carbocycles. The van der Waals surface area contributed by atoms with Gasteiger partial charge in [0.2, 0.25) is 0 Å². The second kappa shape index (κ2) is 8.70. The zero-order valence-corrected chi connectivity index (χ0v) is 15.1. The first kappa shape index (κ1) is 18.3. The number of carbonyl (C=O) groups excluding carboxylic acids is 2. The topological polar surface area (TPSA) is 77.1 Å². The molecule has 1 aromatic rings. The van der Waals surface area contributed by atoms with Crippen LogP contribution < -0.4 is 10.2 Å². The van der Waals surface area contributed by atoms with Crippen LogP contribution in [0.2, 0.25) is 0 Å². The van der Waals surface area contributed by atoms with Gasteiger partial charge in [-0.3, -0.25) is 0 Å². The van der Waals surface area contributed by atoms with Gasteiger partial charge in [-0.15, -0.1) is 0 Å². The number of nitrogens with one attached hydrogen (secondary N) is 1. The molecule has 0 saturated carbocycles. The molecule has 0 bridgehead atoms. The maximum atomic E-state index is 11.8. The van der Waals surface area contributed by atoms with Crippen molar-refractivity contribution in [3.63, 3.8) is 0 Å². The lowest BCUT2D eigenvalue weighted by molar-refractivity contribution is -0.138. The van der Waals surface area contributed by atoms with Crippen LogP contribution in [-0.2, 0) is 23.8 Å². The standard InChI is InChI=1S/C16H19BrN2O5/c1-22-15(20)10-13(16(21)23-2)18-11-3-4-14(12(17)9-11)19-5-7-24-8-6-19/h3-4,9-10,18H,5-8H2,1-2H3/b13-10+. The highest BCUT2D eigenvalue weighted by Crippen LogP contribution is 2.30. The van der Waals surface area contributed by atoms with E-state index >= 15 is 0 Å². The van der Waals surface area contributed by atoms with Crippen LogP contribution in [0.25, 0.3) is 0 Å². The summed E-state index contributed by atoms with van der Waals surface area (Å²) in [7, 11) is 2.48. The van der Waals surface area contributed by atoms with Crippen LogP contribution >= 0.6 is 15.9 Å². The molecule has 1 N–H and O–H groups in total. The van der Waals surface area contributed by atoms with Crippen molar-refractivity contribution in [2.75, 3.05) is 50.7 Å². The minimum Gasteiger partial charge on any atom is -0.466 e. The average molecular weight is 399 g/mol. The van der Waals surface area contributed by atoms with E-state index in [-0.39, 0.29) is 5.70 Å². The van der Waals surface area contributed by atoms with Gasteiger partial charge in [-0.2, -0.15) is 0 Å². The number of rotatable bonds is 5. The van der Waals surface area contributed by atoms with Crippen molar-refractivity contribution in [1.29, 1.82) is 0 Å². The van der Waals surface area contributed by atoms with Gasteiger partial charge >= 0.3 is 11.9 Å². The summed E-state index contributed by atoms with van der Waals surface area (Å²) in [6.07, 6.45) is 1.05. The third kappa shape index (κ3) is 4.72. The third-order valence-electron chi connectivity index (χ3n) is 3.45. The molecule has 1 heterocycles. The number of halogens is 1. The molecule has 24 heavy (non-hydrogen) atoms. The lowest BCUT2D eigenvalue weighted by Crippen LogP contribution is -2.36. The molecule has 0 unspecified atom stereocenters. The highest BCUT2D eigenvalue weighted by molar-refractivity contribution is 9.10. The summed E-state index contributed by atoms with van der Waals surface area (Å²) in [5.41, 5.74) is 1.68. The van der Waals surface area contributed by atoms with Gasteiger partial charge in [0.15, 0.2) is 0 Å². The molecule has 0 spiro atoms. The Kier molecular flexibility index (Phi) is 6.62. The maximum absolute atomic E-state index is 11.8. The molecule has 130 valence electrons. The van der Waals surface area contributed by atoms with Crippen LogP contribution in [-0.4, -0.2) is 52.5 Å². The molecule has 8 heteroatoms. The Bertz CT molecular complexity index is 641. The van der Waals surface area contributed by atoms with Crippen molar-refractivity contribution < 1.29 is 23.8 Å². The van der Waals surface area contributed by atoms with Crippen molar-refractivity contribution >= 4 is 39.2 Å². The fourth-order valence-electron chi connectivity index (χ4n) is 2.23. The Morgan fingerprint density at radius 3 is 2.54 bits per heavy atom. The van der Waals surface area contributed by atoms with Crippen molar-refractivity contribution in [3.05, 3.63) is 34.4 Å². The number of esters is 2. The first-order valence-electron chi connectivity index (χ1n) is 7.32. The van der Waals surface area contributed by atoms with Crippen molar-refractivity contribution in [3.8, 4) is 0 Å². The Balaban J connectivity index is 2.18. The van der Waals surface area contributed by atoms with Crippen molar-refractivity contribution in [2.45, 2.75) is 0 Å². The molecule has 0 radical (unpaired) electrons. The zero-order chi connectivity index (χ0) is 17.5. The first-order chi connectivity index (χ1) is 11.5. The lowest BCUT2D eigenvalue weighted by atomic mass is 10.2. The molecule has 2 rings (SSSR count). The molecular weight excluding hydrogens is 380 g/mol. The number of hydrogen-bond donors (Lipinski definition) is 1. The summed E-state index contributed by atoms with van der Waals surface area (Å²) < 4.78 is 15.4. The SMILES string of the molecule is COC(=O)/C=C(/Nc1ccc(N2CCOCC2)c(Br)c1)C(=O)OC. The predicted octanol–water partition coefficient (Wildman–Crippen LogP) is 1.93. The molecule has 7 nitrogen and oxygen atoms in total. The van der Waals surface area contributed by atoms with Gasteiger partial charge in [0, 0.05) is 23.2 Å². The monoisotopic (exact) mass is 398 g/mol. The highest BCUT2D eigenvalue weighted by atomic mass is 79.9. The van der Waals surface area contributed by atoms with E-state index in [0.29, 0.717) is 18.9 Å². The van der Waals surface area contributed by atoms with E-state index in [1.165, 1.54) is 14.2 Å². The summed E-state index contributed by atoms with van der Waals surface area (Å²) in [6.45, 7) is 3.03. The minimum absolute atomic E-state index is 0.00428. The van der Waals surface area contributed by atoms with Gasteiger partial charge in [0.05, 0.1) is 39.2 Å². The number of carbonyl (C=O) groups is 2. The summed E-state index contributed by atoms with van der Waals surface area (Å²) in [6, 6.07) is 5.59. The Morgan fingerprint density at radius 1 is 1.25 bits per heavy atom. The summed E-state index contributed by atoms with van der Waals surface area (Å²) in [5.74, 6) is -1.30. The van der Waals surface area contributed by atoms with Gasteiger partial charge in [-0.05, 0) is 34.1 Å². The van der Waals surface area contributed by atoms with Crippen LogP contribution in [0.15, 0.2) is 34.4 Å². The Hall–Kier alpha value is -2.06. The van der Waals surface area contributed by atoms with Crippen LogP contribution in [0.1, 0.15) is 0 Å². The fourth-order valence-corrected chi connectivity index (χ4v) is 2.86. The molecule has 1 aliphatic rings. The van der Waals surface area contributed by atoms with E-state index in [0.717, 1.165) is 29.3 Å². The fraction of sp³-hybridized carbons (Fsp3) is 0.375. The van der Waals surface area contributed by atoms with Gasteiger partial charge < -0.3 is 24.4 Å². The Labute approximate surface area is 148 Å². The normalized spacial score (nSPS) is 15.0. The second-order valence-corrected chi connectivity index (χ2v) is 5.82. The van der Waals surface area contributed by atoms with Gasteiger partial charge in [-0.1, -0.05) is 0 Å². The van der Waals surface area contributed by atoms with Crippen molar-refractivity contribution in [2.24, 2.45) is 0 Å². The van der Waals surface area contributed by atoms with E-state index in [1.807, 2.05) is 18.2 Å². The maximum Gasteiger partial charge on any atom is 0.354 e. The van der Waals surface area contributed by atoms with Crippen LogP contribution in [0.3, 0.4) is 0 Å². The average Bonchev–Trinajstić information content (AvgIpc) is 2.61. The number of ether oxygens (including phenoxy) is 3. The van der Waals surface area contributed by atoms with E-state index in [2.05, 4.69) is 35.6 Å². The van der Waals surface area contributed by atoms with Crippen molar-refractivity contribution in [1.82, 2.24) is 0 Å².